The largest absolute Gasteiger partial charge is 0.433 e. The maximum absolute atomic E-state index is 10.4. The van der Waals surface area contributed by atoms with Crippen molar-refractivity contribution in [3.05, 3.63) is 38.0 Å². The van der Waals surface area contributed by atoms with Gasteiger partial charge in [-0.2, -0.15) is 0 Å². The summed E-state index contributed by atoms with van der Waals surface area (Å²) in [6, 6.07) is 2.84. The number of hydrogen-bond donors (Lipinski definition) is 0. The Hall–Kier alpha value is -2.02. The van der Waals surface area contributed by atoms with E-state index in [0.717, 1.165) is 10.0 Å². The predicted molar refractivity (Wildman–Crippen MR) is 58.9 cm³/mol. The first-order chi connectivity index (χ1) is 7.65. The highest BCUT2D eigenvalue weighted by Crippen LogP contribution is 2.18. The van der Waals surface area contributed by atoms with Gasteiger partial charge in [0.2, 0.25) is 0 Å². The standard InChI is InChI=1S/C9H7N3O3S/c1-6-10-11-8(16-6)4-2-7-3-5-9(15-7)12(13)14/h2-5H,1H3. The second-order valence-corrected chi connectivity index (χ2v) is 4.14. The summed E-state index contributed by atoms with van der Waals surface area (Å²) in [7, 11) is 0. The number of rotatable bonds is 3. The lowest BCUT2D eigenvalue weighted by Crippen LogP contribution is -1.82. The third-order valence-corrected chi connectivity index (χ3v) is 2.53. The highest BCUT2D eigenvalue weighted by atomic mass is 32.1. The molecule has 0 radical (unpaired) electrons. The predicted octanol–water partition coefficient (Wildman–Crippen LogP) is 2.52. The fourth-order valence-corrected chi connectivity index (χ4v) is 1.66. The zero-order valence-corrected chi connectivity index (χ0v) is 9.10. The fraction of sp³-hybridized carbons (Fsp3) is 0.111. The first-order valence-electron chi connectivity index (χ1n) is 4.37. The average molecular weight is 237 g/mol. The number of aromatic nitrogens is 2. The molecule has 0 spiro atoms. The van der Waals surface area contributed by atoms with Crippen molar-refractivity contribution in [1.82, 2.24) is 10.2 Å². The topological polar surface area (TPSA) is 82.1 Å². The number of furan rings is 1. The maximum Gasteiger partial charge on any atom is 0.433 e. The van der Waals surface area contributed by atoms with Crippen LogP contribution in [0.25, 0.3) is 12.2 Å². The Bertz CT molecular complexity index is 544. The van der Waals surface area contributed by atoms with Crippen LogP contribution < -0.4 is 0 Å². The molecule has 0 aromatic carbocycles. The van der Waals surface area contributed by atoms with E-state index in [-0.39, 0.29) is 5.88 Å². The Morgan fingerprint density at radius 1 is 1.44 bits per heavy atom. The molecule has 0 saturated heterocycles. The molecule has 6 nitrogen and oxygen atoms in total. The van der Waals surface area contributed by atoms with Gasteiger partial charge in [0.15, 0.2) is 0 Å². The first-order valence-corrected chi connectivity index (χ1v) is 5.19. The molecule has 82 valence electrons. The highest BCUT2D eigenvalue weighted by Gasteiger charge is 2.09. The van der Waals surface area contributed by atoms with Gasteiger partial charge in [0.25, 0.3) is 0 Å². The molecule has 0 saturated carbocycles. The normalized spacial score (nSPS) is 11.1. The van der Waals surface area contributed by atoms with Crippen molar-refractivity contribution in [2.75, 3.05) is 0 Å². The van der Waals surface area contributed by atoms with E-state index in [4.69, 9.17) is 4.42 Å². The van der Waals surface area contributed by atoms with E-state index < -0.39 is 4.92 Å². The van der Waals surface area contributed by atoms with Crippen LogP contribution in [0.1, 0.15) is 15.8 Å². The van der Waals surface area contributed by atoms with Crippen LogP contribution >= 0.6 is 11.3 Å². The molecule has 0 amide bonds. The van der Waals surface area contributed by atoms with E-state index in [2.05, 4.69) is 10.2 Å². The molecule has 0 bridgehead atoms. The summed E-state index contributed by atoms with van der Waals surface area (Å²) in [6.07, 6.45) is 3.32. The van der Waals surface area contributed by atoms with Crippen molar-refractivity contribution < 1.29 is 9.34 Å². The molecule has 0 unspecified atom stereocenters. The van der Waals surface area contributed by atoms with Crippen LogP contribution in [0.3, 0.4) is 0 Å². The molecular formula is C9H7N3O3S. The van der Waals surface area contributed by atoms with E-state index in [1.165, 1.54) is 23.5 Å². The second kappa shape index (κ2) is 4.23. The lowest BCUT2D eigenvalue weighted by Gasteiger charge is -1.83. The molecule has 2 aromatic heterocycles. The molecule has 2 heterocycles. The molecule has 0 fully saturated rings. The van der Waals surface area contributed by atoms with E-state index in [1.54, 1.807) is 12.2 Å². The molecule has 2 aromatic rings. The van der Waals surface area contributed by atoms with Crippen molar-refractivity contribution in [1.29, 1.82) is 0 Å². The molecule has 16 heavy (non-hydrogen) atoms. The molecule has 0 atom stereocenters. The van der Waals surface area contributed by atoms with Crippen LogP contribution in [-0.2, 0) is 0 Å². The van der Waals surface area contributed by atoms with Crippen molar-refractivity contribution in [2.24, 2.45) is 0 Å². The maximum atomic E-state index is 10.4. The van der Waals surface area contributed by atoms with E-state index in [1.807, 2.05) is 6.92 Å². The molecule has 0 aliphatic heterocycles. The third-order valence-electron chi connectivity index (χ3n) is 1.72. The average Bonchev–Trinajstić information content (AvgIpc) is 2.83. The molecule has 0 aliphatic carbocycles. The van der Waals surface area contributed by atoms with Crippen LogP contribution in [0.15, 0.2) is 16.5 Å². The Labute approximate surface area is 94.4 Å². The number of nitro groups is 1. The van der Waals surface area contributed by atoms with Gasteiger partial charge < -0.3 is 4.42 Å². The van der Waals surface area contributed by atoms with Crippen LogP contribution in [0.5, 0.6) is 0 Å². The van der Waals surface area contributed by atoms with Crippen LogP contribution in [0, 0.1) is 17.0 Å². The van der Waals surface area contributed by atoms with Gasteiger partial charge in [-0.15, -0.1) is 10.2 Å². The number of aryl methyl sites for hydroxylation is 1. The van der Waals surface area contributed by atoms with E-state index in [9.17, 15) is 10.1 Å². The SMILES string of the molecule is Cc1nnc(C=Cc2ccc([N+](=O)[O-])o2)s1. The summed E-state index contributed by atoms with van der Waals surface area (Å²) in [5.74, 6) is 0.146. The number of hydrogen-bond acceptors (Lipinski definition) is 6. The van der Waals surface area contributed by atoms with Crippen LogP contribution in [-0.4, -0.2) is 15.1 Å². The zero-order valence-electron chi connectivity index (χ0n) is 8.28. The minimum Gasteiger partial charge on any atom is -0.401 e. The Morgan fingerprint density at radius 3 is 2.81 bits per heavy atom. The monoisotopic (exact) mass is 237 g/mol. The Kier molecular flexibility index (Phi) is 2.78. The molecule has 7 heteroatoms. The van der Waals surface area contributed by atoms with Gasteiger partial charge in [-0.3, -0.25) is 10.1 Å². The first kappa shape index (κ1) is 10.5. The van der Waals surface area contributed by atoms with Gasteiger partial charge >= 0.3 is 5.88 Å². The van der Waals surface area contributed by atoms with Gasteiger partial charge in [-0.05, 0) is 25.1 Å². The van der Waals surface area contributed by atoms with E-state index >= 15 is 0 Å². The summed E-state index contributed by atoms with van der Waals surface area (Å²) in [5, 5.41) is 19.7. The van der Waals surface area contributed by atoms with Crippen molar-refractivity contribution in [2.45, 2.75) is 6.92 Å². The molecular weight excluding hydrogens is 230 g/mol. The Morgan fingerprint density at radius 2 is 2.25 bits per heavy atom. The van der Waals surface area contributed by atoms with Gasteiger partial charge in [-0.1, -0.05) is 11.3 Å². The van der Waals surface area contributed by atoms with Gasteiger partial charge in [0.1, 0.15) is 20.7 Å². The van der Waals surface area contributed by atoms with Gasteiger partial charge in [0.05, 0.1) is 6.07 Å². The number of nitrogens with zero attached hydrogens (tertiary/aromatic N) is 3. The Balaban J connectivity index is 2.14. The summed E-state index contributed by atoms with van der Waals surface area (Å²) >= 11 is 1.44. The minimum absolute atomic E-state index is 0.270. The van der Waals surface area contributed by atoms with Crippen LogP contribution in [0.2, 0.25) is 0 Å². The van der Waals surface area contributed by atoms with E-state index in [0.29, 0.717) is 5.76 Å². The smallest absolute Gasteiger partial charge is 0.401 e. The molecule has 0 N–H and O–H groups in total. The fourth-order valence-electron chi connectivity index (χ4n) is 1.06. The summed E-state index contributed by atoms with van der Waals surface area (Å²) < 4.78 is 4.94. The quantitative estimate of drug-likeness (QED) is 0.605. The third kappa shape index (κ3) is 2.31. The van der Waals surface area contributed by atoms with Crippen molar-refractivity contribution >= 4 is 29.4 Å². The minimum atomic E-state index is -0.577. The lowest BCUT2D eigenvalue weighted by molar-refractivity contribution is -0.402. The van der Waals surface area contributed by atoms with Gasteiger partial charge in [-0.25, -0.2) is 0 Å². The second-order valence-electron chi connectivity index (χ2n) is 2.93. The highest BCUT2D eigenvalue weighted by molar-refractivity contribution is 7.12. The summed E-state index contributed by atoms with van der Waals surface area (Å²) in [5.41, 5.74) is 0. The molecule has 0 aliphatic rings. The summed E-state index contributed by atoms with van der Waals surface area (Å²) in [4.78, 5) is 9.78. The zero-order chi connectivity index (χ0) is 11.5. The van der Waals surface area contributed by atoms with Crippen molar-refractivity contribution in [3.63, 3.8) is 0 Å². The summed E-state index contributed by atoms with van der Waals surface area (Å²) in [6.45, 7) is 1.85. The molecule has 2 rings (SSSR count). The van der Waals surface area contributed by atoms with Crippen LogP contribution in [0.4, 0.5) is 5.88 Å². The van der Waals surface area contributed by atoms with Crippen molar-refractivity contribution in [3.8, 4) is 0 Å². The van der Waals surface area contributed by atoms with Gasteiger partial charge in [0, 0.05) is 0 Å². The lowest BCUT2D eigenvalue weighted by atomic mass is 10.4.